The standard InChI is InChI=1S/C13H16N2O3S/c1-10-5-6-18-13(10)9-15-8-11-3-2-4-12(7-11)19(14,16)17/h2-7,15H,8-9H2,1H3,(H2,14,16,17). The lowest BCUT2D eigenvalue weighted by molar-refractivity contribution is 0.480. The fourth-order valence-corrected chi connectivity index (χ4v) is 2.32. The Morgan fingerprint density at radius 2 is 2.05 bits per heavy atom. The van der Waals surface area contributed by atoms with E-state index in [9.17, 15) is 8.42 Å². The van der Waals surface area contributed by atoms with Crippen LogP contribution in [0.1, 0.15) is 16.9 Å². The summed E-state index contributed by atoms with van der Waals surface area (Å²) in [4.78, 5) is 0.126. The Kier molecular flexibility index (Phi) is 4.04. The van der Waals surface area contributed by atoms with E-state index >= 15 is 0 Å². The number of benzene rings is 1. The van der Waals surface area contributed by atoms with Crippen molar-refractivity contribution in [2.75, 3.05) is 0 Å². The van der Waals surface area contributed by atoms with Gasteiger partial charge in [-0.2, -0.15) is 0 Å². The number of sulfonamides is 1. The van der Waals surface area contributed by atoms with E-state index in [4.69, 9.17) is 9.56 Å². The predicted octanol–water partition coefficient (Wildman–Crippen LogP) is 1.53. The van der Waals surface area contributed by atoms with Crippen LogP contribution in [0.2, 0.25) is 0 Å². The summed E-state index contributed by atoms with van der Waals surface area (Å²) in [5, 5.41) is 8.28. The Morgan fingerprint density at radius 3 is 2.68 bits per heavy atom. The molecule has 1 aromatic heterocycles. The molecule has 0 bridgehead atoms. The van der Waals surface area contributed by atoms with Gasteiger partial charge in [0.05, 0.1) is 17.7 Å². The van der Waals surface area contributed by atoms with Crippen LogP contribution in [-0.4, -0.2) is 8.42 Å². The Bertz CT molecular complexity index is 662. The van der Waals surface area contributed by atoms with Gasteiger partial charge in [0.25, 0.3) is 0 Å². The van der Waals surface area contributed by atoms with Crippen molar-refractivity contribution in [2.45, 2.75) is 24.9 Å². The molecule has 0 atom stereocenters. The molecule has 2 rings (SSSR count). The maximum absolute atomic E-state index is 11.2. The SMILES string of the molecule is Cc1ccoc1CNCc1cccc(S(N)(=O)=O)c1. The maximum Gasteiger partial charge on any atom is 0.238 e. The van der Waals surface area contributed by atoms with Gasteiger partial charge in [-0.25, -0.2) is 13.6 Å². The minimum atomic E-state index is -3.65. The molecule has 2 aromatic rings. The Hall–Kier alpha value is -1.63. The zero-order chi connectivity index (χ0) is 13.9. The molecule has 0 spiro atoms. The monoisotopic (exact) mass is 280 g/mol. The third-order valence-corrected chi connectivity index (χ3v) is 3.72. The molecular weight excluding hydrogens is 264 g/mol. The van der Waals surface area contributed by atoms with Gasteiger partial charge in [-0.1, -0.05) is 12.1 Å². The Labute approximate surface area is 112 Å². The van der Waals surface area contributed by atoms with Crippen LogP contribution in [-0.2, 0) is 23.1 Å². The topological polar surface area (TPSA) is 85.3 Å². The summed E-state index contributed by atoms with van der Waals surface area (Å²) in [5.41, 5.74) is 1.95. The number of hydrogen-bond acceptors (Lipinski definition) is 4. The van der Waals surface area contributed by atoms with E-state index in [1.54, 1.807) is 18.4 Å². The molecule has 0 fully saturated rings. The molecule has 0 aliphatic rings. The highest BCUT2D eigenvalue weighted by Gasteiger charge is 2.08. The van der Waals surface area contributed by atoms with Crippen molar-refractivity contribution >= 4 is 10.0 Å². The molecule has 3 N–H and O–H groups in total. The third-order valence-electron chi connectivity index (χ3n) is 2.81. The number of nitrogens with two attached hydrogens (primary N) is 1. The Balaban J connectivity index is 1.99. The summed E-state index contributed by atoms with van der Waals surface area (Å²) in [5.74, 6) is 0.877. The van der Waals surface area contributed by atoms with Gasteiger partial charge in [0, 0.05) is 6.54 Å². The predicted molar refractivity (Wildman–Crippen MR) is 71.8 cm³/mol. The van der Waals surface area contributed by atoms with E-state index in [1.165, 1.54) is 6.07 Å². The van der Waals surface area contributed by atoms with E-state index in [1.807, 2.05) is 19.1 Å². The lowest BCUT2D eigenvalue weighted by atomic mass is 10.2. The average molecular weight is 280 g/mol. The Morgan fingerprint density at radius 1 is 1.26 bits per heavy atom. The fraction of sp³-hybridized carbons (Fsp3) is 0.231. The van der Waals surface area contributed by atoms with Crippen molar-refractivity contribution in [3.63, 3.8) is 0 Å². The number of hydrogen-bond donors (Lipinski definition) is 2. The van der Waals surface area contributed by atoms with E-state index < -0.39 is 10.0 Å². The minimum Gasteiger partial charge on any atom is -0.468 e. The molecule has 0 aliphatic carbocycles. The van der Waals surface area contributed by atoms with Crippen LogP contribution in [0.5, 0.6) is 0 Å². The fourth-order valence-electron chi connectivity index (χ4n) is 1.74. The van der Waals surface area contributed by atoms with Crippen LogP contribution in [0, 0.1) is 6.92 Å². The van der Waals surface area contributed by atoms with Gasteiger partial charge in [-0.15, -0.1) is 0 Å². The number of rotatable bonds is 5. The quantitative estimate of drug-likeness (QED) is 0.869. The second-order valence-corrected chi connectivity index (χ2v) is 5.88. The number of aryl methyl sites for hydroxylation is 1. The molecule has 0 amide bonds. The molecule has 0 radical (unpaired) electrons. The first-order chi connectivity index (χ1) is 8.97. The van der Waals surface area contributed by atoms with Crippen LogP contribution in [0.3, 0.4) is 0 Å². The van der Waals surface area contributed by atoms with Crippen LogP contribution < -0.4 is 10.5 Å². The minimum absolute atomic E-state index is 0.126. The summed E-state index contributed by atoms with van der Waals surface area (Å²) >= 11 is 0. The lowest BCUT2D eigenvalue weighted by Gasteiger charge is -2.05. The summed E-state index contributed by atoms with van der Waals surface area (Å²) in [6, 6.07) is 8.47. The molecule has 19 heavy (non-hydrogen) atoms. The second kappa shape index (κ2) is 5.56. The highest BCUT2D eigenvalue weighted by Crippen LogP contribution is 2.11. The molecule has 0 unspecified atom stereocenters. The first-order valence-electron chi connectivity index (χ1n) is 5.82. The first kappa shape index (κ1) is 13.8. The van der Waals surface area contributed by atoms with E-state index in [0.717, 1.165) is 16.9 Å². The lowest BCUT2D eigenvalue weighted by Crippen LogP contribution is -2.15. The molecule has 1 aromatic carbocycles. The molecular formula is C13H16N2O3S. The third kappa shape index (κ3) is 3.66. The van der Waals surface area contributed by atoms with Gasteiger partial charge < -0.3 is 9.73 Å². The molecule has 0 saturated carbocycles. The van der Waals surface area contributed by atoms with Crippen molar-refractivity contribution in [1.29, 1.82) is 0 Å². The first-order valence-corrected chi connectivity index (χ1v) is 7.37. The number of nitrogens with one attached hydrogen (secondary N) is 1. The highest BCUT2D eigenvalue weighted by molar-refractivity contribution is 7.89. The highest BCUT2D eigenvalue weighted by atomic mass is 32.2. The van der Waals surface area contributed by atoms with Crippen LogP contribution in [0.4, 0.5) is 0 Å². The normalized spacial score (nSPS) is 11.7. The number of furan rings is 1. The van der Waals surface area contributed by atoms with Crippen molar-refractivity contribution in [2.24, 2.45) is 5.14 Å². The summed E-state index contributed by atoms with van der Waals surface area (Å²) < 4.78 is 27.8. The number of primary sulfonamides is 1. The van der Waals surface area contributed by atoms with Gasteiger partial charge in [0.15, 0.2) is 0 Å². The molecule has 0 saturated heterocycles. The van der Waals surface area contributed by atoms with Gasteiger partial charge in [-0.05, 0) is 36.2 Å². The zero-order valence-corrected chi connectivity index (χ0v) is 11.4. The van der Waals surface area contributed by atoms with E-state index in [0.29, 0.717) is 13.1 Å². The molecule has 1 heterocycles. The van der Waals surface area contributed by atoms with Crippen LogP contribution in [0.15, 0.2) is 45.9 Å². The van der Waals surface area contributed by atoms with Gasteiger partial charge in [-0.3, -0.25) is 0 Å². The van der Waals surface area contributed by atoms with E-state index in [2.05, 4.69) is 5.32 Å². The zero-order valence-electron chi connectivity index (χ0n) is 10.6. The second-order valence-electron chi connectivity index (χ2n) is 4.32. The van der Waals surface area contributed by atoms with Crippen molar-refractivity contribution in [3.8, 4) is 0 Å². The van der Waals surface area contributed by atoms with Crippen molar-refractivity contribution in [3.05, 3.63) is 53.5 Å². The van der Waals surface area contributed by atoms with Gasteiger partial charge >= 0.3 is 0 Å². The smallest absolute Gasteiger partial charge is 0.238 e. The molecule has 6 heteroatoms. The molecule has 102 valence electrons. The van der Waals surface area contributed by atoms with Crippen LogP contribution >= 0.6 is 0 Å². The molecule has 5 nitrogen and oxygen atoms in total. The summed E-state index contributed by atoms with van der Waals surface area (Å²) in [7, 11) is -3.65. The summed E-state index contributed by atoms with van der Waals surface area (Å²) in [6.07, 6.45) is 1.65. The van der Waals surface area contributed by atoms with Crippen molar-refractivity contribution < 1.29 is 12.8 Å². The van der Waals surface area contributed by atoms with Crippen molar-refractivity contribution in [1.82, 2.24) is 5.32 Å². The maximum atomic E-state index is 11.2. The summed E-state index contributed by atoms with van der Waals surface area (Å²) in [6.45, 7) is 3.12. The molecule has 0 aliphatic heterocycles. The van der Waals surface area contributed by atoms with E-state index in [-0.39, 0.29) is 4.90 Å². The van der Waals surface area contributed by atoms with Gasteiger partial charge in [0.1, 0.15) is 5.76 Å². The largest absolute Gasteiger partial charge is 0.468 e. The van der Waals surface area contributed by atoms with Gasteiger partial charge in [0.2, 0.25) is 10.0 Å². The average Bonchev–Trinajstić information content (AvgIpc) is 2.75. The van der Waals surface area contributed by atoms with Crippen LogP contribution in [0.25, 0.3) is 0 Å².